The quantitative estimate of drug-likeness (QED) is 0.639. The molecule has 0 fully saturated rings. The van der Waals surface area contributed by atoms with Gasteiger partial charge in [0, 0.05) is 28.9 Å². The zero-order valence-electron chi connectivity index (χ0n) is 9.61. The van der Waals surface area contributed by atoms with Gasteiger partial charge >= 0.3 is 0 Å². The fraction of sp³-hybridized carbons (Fsp3) is 0.400. The molecular weight excluding hydrogens is 327 g/mol. The Balaban J connectivity index is 2.83. The summed E-state index contributed by atoms with van der Waals surface area (Å²) >= 11 is 2.97. The van der Waals surface area contributed by atoms with Gasteiger partial charge in [-0.3, -0.25) is 14.3 Å². The average Bonchev–Trinajstić information content (AvgIpc) is 2.32. The van der Waals surface area contributed by atoms with Crippen molar-refractivity contribution in [3.05, 3.63) is 32.5 Å². The van der Waals surface area contributed by atoms with E-state index >= 15 is 0 Å². The van der Waals surface area contributed by atoms with Crippen molar-refractivity contribution in [2.24, 2.45) is 0 Å². The molecule has 1 atom stereocenters. The number of nitrogens with one attached hydrogen (secondary N) is 1. The first-order chi connectivity index (χ1) is 8.45. The second-order valence-corrected chi connectivity index (χ2v) is 6.12. The maximum absolute atomic E-state index is 13.2. The smallest absolute Gasteiger partial charge is 0.295 e. The van der Waals surface area contributed by atoms with Crippen LogP contribution in [0.25, 0.3) is 0 Å². The van der Waals surface area contributed by atoms with Crippen LogP contribution < -0.4 is 5.32 Å². The maximum atomic E-state index is 13.2. The molecule has 1 N–H and O–H groups in total. The number of benzene rings is 1. The Kier molecular flexibility index (Phi) is 5.67. The highest BCUT2D eigenvalue weighted by atomic mass is 79.9. The van der Waals surface area contributed by atoms with E-state index in [-0.39, 0.29) is 15.8 Å². The van der Waals surface area contributed by atoms with Crippen molar-refractivity contribution in [1.82, 2.24) is 0 Å². The van der Waals surface area contributed by atoms with E-state index in [2.05, 4.69) is 21.2 Å². The molecule has 0 spiro atoms. The summed E-state index contributed by atoms with van der Waals surface area (Å²) in [4.78, 5) is 10.1. The highest BCUT2D eigenvalue weighted by Crippen LogP contribution is 2.30. The van der Waals surface area contributed by atoms with Gasteiger partial charge in [-0.2, -0.15) is 0 Å². The average molecular weight is 339 g/mol. The predicted molar refractivity (Wildman–Crippen MR) is 72.8 cm³/mol. The van der Waals surface area contributed by atoms with Crippen LogP contribution in [-0.4, -0.2) is 27.2 Å². The lowest BCUT2D eigenvalue weighted by Crippen LogP contribution is -2.13. The maximum Gasteiger partial charge on any atom is 0.295 e. The topological polar surface area (TPSA) is 72.2 Å². The zero-order valence-corrected chi connectivity index (χ0v) is 12.0. The second kappa shape index (κ2) is 6.79. The normalized spacial score (nSPS) is 12.2. The molecule has 8 heteroatoms. The van der Waals surface area contributed by atoms with Crippen LogP contribution in [0, 0.1) is 15.9 Å². The molecule has 0 aliphatic rings. The molecule has 1 unspecified atom stereocenters. The Morgan fingerprint density at radius 1 is 1.56 bits per heavy atom. The third-order valence-electron chi connectivity index (χ3n) is 2.20. The molecule has 0 amide bonds. The minimum atomic E-state index is -0.946. The van der Waals surface area contributed by atoms with Crippen LogP contribution in [0.1, 0.15) is 6.92 Å². The van der Waals surface area contributed by atoms with Gasteiger partial charge in [-0.15, -0.1) is 0 Å². The van der Waals surface area contributed by atoms with Gasteiger partial charge in [-0.1, -0.05) is 6.92 Å². The molecule has 1 aromatic rings. The molecule has 0 aliphatic heterocycles. The van der Waals surface area contributed by atoms with Gasteiger partial charge < -0.3 is 5.32 Å². The molecule has 0 aliphatic carbocycles. The summed E-state index contributed by atoms with van der Waals surface area (Å²) in [5.74, 6) is 0.240. The first-order valence-electron chi connectivity index (χ1n) is 5.18. The van der Waals surface area contributed by atoms with E-state index in [9.17, 15) is 18.7 Å². The number of hydrogen-bond donors (Lipinski definition) is 1. The molecule has 1 rings (SSSR count). The van der Waals surface area contributed by atoms with Crippen LogP contribution >= 0.6 is 15.9 Å². The Morgan fingerprint density at radius 2 is 2.22 bits per heavy atom. The van der Waals surface area contributed by atoms with Crippen LogP contribution in [-0.2, 0) is 10.8 Å². The van der Waals surface area contributed by atoms with Crippen LogP contribution in [0.15, 0.2) is 16.6 Å². The molecule has 0 heterocycles. The van der Waals surface area contributed by atoms with Gasteiger partial charge in [0.05, 0.1) is 15.5 Å². The summed E-state index contributed by atoms with van der Waals surface area (Å²) in [7, 11) is -0.946. The lowest BCUT2D eigenvalue weighted by atomic mass is 10.2. The van der Waals surface area contributed by atoms with E-state index in [1.165, 1.54) is 6.07 Å². The van der Waals surface area contributed by atoms with Crippen molar-refractivity contribution in [3.8, 4) is 0 Å². The van der Waals surface area contributed by atoms with Crippen LogP contribution in [0.3, 0.4) is 0 Å². The summed E-state index contributed by atoms with van der Waals surface area (Å²) < 4.78 is 24.6. The number of nitro groups is 1. The van der Waals surface area contributed by atoms with E-state index in [4.69, 9.17) is 0 Å². The Bertz CT molecular complexity index is 484. The van der Waals surface area contributed by atoms with Gasteiger partial charge in [-0.25, -0.2) is 4.39 Å². The van der Waals surface area contributed by atoms with Gasteiger partial charge in [-0.05, 0) is 22.0 Å². The molecule has 100 valence electrons. The summed E-state index contributed by atoms with van der Waals surface area (Å²) in [6, 6.07) is 2.16. The van der Waals surface area contributed by atoms with Crippen molar-refractivity contribution < 1.29 is 13.5 Å². The number of halogens is 2. The summed E-state index contributed by atoms with van der Waals surface area (Å²) in [6.45, 7) is 2.13. The van der Waals surface area contributed by atoms with Crippen LogP contribution in [0.4, 0.5) is 15.8 Å². The molecule has 0 saturated carbocycles. The van der Waals surface area contributed by atoms with Gasteiger partial charge in [0.25, 0.3) is 5.69 Å². The summed E-state index contributed by atoms with van der Waals surface area (Å²) in [5, 5.41) is 13.6. The Morgan fingerprint density at radius 3 is 2.78 bits per heavy atom. The number of anilines is 1. The fourth-order valence-electron chi connectivity index (χ4n) is 1.27. The second-order valence-electron chi connectivity index (χ2n) is 3.40. The molecule has 18 heavy (non-hydrogen) atoms. The van der Waals surface area contributed by atoms with Crippen molar-refractivity contribution in [3.63, 3.8) is 0 Å². The molecule has 0 bridgehead atoms. The van der Waals surface area contributed by atoms with Gasteiger partial charge in [0.2, 0.25) is 0 Å². The summed E-state index contributed by atoms with van der Waals surface area (Å²) in [6.07, 6.45) is 0. The fourth-order valence-corrected chi connectivity index (χ4v) is 2.23. The largest absolute Gasteiger partial charge is 0.379 e. The standard InChI is InChI=1S/C10H12BrFN2O3S/c1-2-18(17)4-3-13-9-5-7(11)8(12)6-10(9)14(15)16/h5-6,13H,2-4H2,1H3. The highest BCUT2D eigenvalue weighted by Gasteiger charge is 2.17. The molecule has 5 nitrogen and oxygen atoms in total. The lowest BCUT2D eigenvalue weighted by Gasteiger charge is -2.07. The SMILES string of the molecule is CCS(=O)CCNc1cc(Br)c(F)cc1[N+](=O)[O-]. The number of nitrogens with zero attached hydrogens (tertiary/aromatic N) is 1. The van der Waals surface area contributed by atoms with Crippen molar-refractivity contribution in [2.75, 3.05) is 23.4 Å². The van der Waals surface area contributed by atoms with E-state index in [1.807, 2.05) is 0 Å². The first-order valence-corrected chi connectivity index (χ1v) is 7.46. The van der Waals surface area contributed by atoms with Crippen molar-refractivity contribution in [1.29, 1.82) is 0 Å². The van der Waals surface area contributed by atoms with E-state index in [1.54, 1.807) is 6.92 Å². The lowest BCUT2D eigenvalue weighted by molar-refractivity contribution is -0.384. The zero-order chi connectivity index (χ0) is 13.7. The first kappa shape index (κ1) is 15.0. The Hall–Kier alpha value is -1.02. The number of rotatable bonds is 6. The van der Waals surface area contributed by atoms with Crippen molar-refractivity contribution >= 4 is 38.1 Å². The van der Waals surface area contributed by atoms with E-state index < -0.39 is 21.5 Å². The minimum absolute atomic E-state index is 0.146. The molecule has 0 radical (unpaired) electrons. The Labute approximate surface area is 115 Å². The van der Waals surface area contributed by atoms with Gasteiger partial charge in [0.15, 0.2) is 0 Å². The van der Waals surface area contributed by atoms with Crippen molar-refractivity contribution in [2.45, 2.75) is 6.92 Å². The third-order valence-corrected chi connectivity index (χ3v) is 4.11. The number of nitro benzene ring substituents is 1. The van der Waals surface area contributed by atoms with E-state index in [0.29, 0.717) is 18.1 Å². The molecular formula is C10H12BrFN2O3S. The highest BCUT2D eigenvalue weighted by molar-refractivity contribution is 9.10. The molecule has 1 aromatic carbocycles. The predicted octanol–water partition coefficient (Wildman–Crippen LogP) is 2.68. The van der Waals surface area contributed by atoms with Crippen LogP contribution in [0.5, 0.6) is 0 Å². The minimum Gasteiger partial charge on any atom is -0.379 e. The van der Waals surface area contributed by atoms with Crippen LogP contribution in [0.2, 0.25) is 0 Å². The molecule has 0 saturated heterocycles. The third kappa shape index (κ3) is 4.02. The summed E-state index contributed by atoms with van der Waals surface area (Å²) in [5.41, 5.74) is -0.126. The number of hydrogen-bond acceptors (Lipinski definition) is 4. The van der Waals surface area contributed by atoms with E-state index in [0.717, 1.165) is 6.07 Å². The van der Waals surface area contributed by atoms with Gasteiger partial charge in [0.1, 0.15) is 11.5 Å². The monoisotopic (exact) mass is 338 g/mol. The molecule has 0 aromatic heterocycles.